The molecule has 1 aromatic heterocycles. The van der Waals surface area contributed by atoms with Crippen LogP contribution in [0.25, 0.3) is 0 Å². The van der Waals surface area contributed by atoms with Crippen molar-refractivity contribution in [2.24, 2.45) is 0 Å². The SMILES string of the molecule is CCCS(=O)(=O)NCCc1nn[nH]n1. The summed E-state index contributed by atoms with van der Waals surface area (Å²) in [5.74, 6) is 0.656. The van der Waals surface area contributed by atoms with Gasteiger partial charge in [-0.05, 0) is 6.42 Å². The first-order valence-electron chi connectivity index (χ1n) is 4.33. The van der Waals surface area contributed by atoms with Crippen LogP contribution in [0.2, 0.25) is 0 Å². The molecule has 0 saturated heterocycles. The second kappa shape index (κ2) is 5.01. The van der Waals surface area contributed by atoms with Crippen molar-refractivity contribution in [1.29, 1.82) is 0 Å². The molecule has 0 bridgehead atoms. The van der Waals surface area contributed by atoms with E-state index in [2.05, 4.69) is 25.3 Å². The topological polar surface area (TPSA) is 101 Å². The molecule has 0 fully saturated rings. The summed E-state index contributed by atoms with van der Waals surface area (Å²) in [5.41, 5.74) is 0. The van der Waals surface area contributed by atoms with Crippen LogP contribution in [-0.2, 0) is 16.4 Å². The Kier molecular flexibility index (Phi) is 3.96. The Morgan fingerprint density at radius 3 is 2.86 bits per heavy atom. The lowest BCUT2D eigenvalue weighted by molar-refractivity contribution is 0.579. The van der Waals surface area contributed by atoms with Crippen molar-refractivity contribution in [2.45, 2.75) is 19.8 Å². The van der Waals surface area contributed by atoms with Crippen LogP contribution in [0.4, 0.5) is 0 Å². The maximum Gasteiger partial charge on any atom is 0.211 e. The molecule has 0 aromatic carbocycles. The molecule has 0 atom stereocenters. The zero-order valence-electron chi connectivity index (χ0n) is 7.89. The summed E-state index contributed by atoms with van der Waals surface area (Å²) in [4.78, 5) is 0. The van der Waals surface area contributed by atoms with Crippen LogP contribution in [0.3, 0.4) is 0 Å². The van der Waals surface area contributed by atoms with Crippen molar-refractivity contribution in [3.63, 3.8) is 0 Å². The molecule has 0 amide bonds. The van der Waals surface area contributed by atoms with Crippen molar-refractivity contribution < 1.29 is 8.42 Å². The number of sulfonamides is 1. The minimum atomic E-state index is -3.12. The Hall–Kier alpha value is -1.02. The predicted molar refractivity (Wildman–Crippen MR) is 50.0 cm³/mol. The summed E-state index contributed by atoms with van der Waals surface area (Å²) in [6.07, 6.45) is 1.05. The van der Waals surface area contributed by atoms with E-state index < -0.39 is 10.0 Å². The van der Waals surface area contributed by atoms with Crippen molar-refractivity contribution >= 4 is 10.0 Å². The average Bonchev–Trinajstić information content (AvgIpc) is 2.56. The van der Waals surface area contributed by atoms with Gasteiger partial charge < -0.3 is 0 Å². The molecule has 2 N–H and O–H groups in total. The highest BCUT2D eigenvalue weighted by atomic mass is 32.2. The summed E-state index contributed by atoms with van der Waals surface area (Å²) >= 11 is 0. The van der Waals surface area contributed by atoms with Crippen LogP contribution < -0.4 is 4.72 Å². The molecule has 80 valence electrons. The van der Waals surface area contributed by atoms with Crippen LogP contribution in [0.1, 0.15) is 19.2 Å². The van der Waals surface area contributed by atoms with E-state index in [4.69, 9.17) is 0 Å². The first kappa shape index (κ1) is 11.1. The fourth-order valence-corrected chi connectivity index (χ4v) is 2.04. The van der Waals surface area contributed by atoms with Crippen molar-refractivity contribution in [2.75, 3.05) is 12.3 Å². The summed E-state index contributed by atoms with van der Waals surface area (Å²) < 4.78 is 24.8. The third-order valence-corrected chi connectivity index (χ3v) is 3.12. The van der Waals surface area contributed by atoms with E-state index in [1.54, 1.807) is 0 Å². The number of rotatable bonds is 6. The number of aromatic nitrogens is 4. The third-order valence-electron chi connectivity index (χ3n) is 1.53. The van der Waals surface area contributed by atoms with Gasteiger partial charge in [0.05, 0.1) is 5.75 Å². The van der Waals surface area contributed by atoms with Gasteiger partial charge in [-0.1, -0.05) is 12.1 Å². The highest BCUT2D eigenvalue weighted by Gasteiger charge is 2.07. The quantitative estimate of drug-likeness (QED) is 0.644. The zero-order valence-corrected chi connectivity index (χ0v) is 8.71. The Balaban J connectivity index is 2.28. The molecule has 0 radical (unpaired) electrons. The van der Waals surface area contributed by atoms with Crippen LogP contribution in [0.5, 0.6) is 0 Å². The average molecular weight is 219 g/mol. The Morgan fingerprint density at radius 2 is 2.29 bits per heavy atom. The molecule has 8 heteroatoms. The van der Waals surface area contributed by atoms with E-state index in [-0.39, 0.29) is 5.75 Å². The summed E-state index contributed by atoms with van der Waals surface area (Å²) in [7, 11) is -3.12. The summed E-state index contributed by atoms with van der Waals surface area (Å²) in [6.45, 7) is 2.13. The molecular weight excluding hydrogens is 206 g/mol. The lowest BCUT2D eigenvalue weighted by Gasteiger charge is -2.02. The summed E-state index contributed by atoms with van der Waals surface area (Å²) in [6, 6.07) is 0. The van der Waals surface area contributed by atoms with Gasteiger partial charge in [0.25, 0.3) is 0 Å². The van der Waals surface area contributed by atoms with Crippen LogP contribution in [0, 0.1) is 0 Å². The largest absolute Gasteiger partial charge is 0.215 e. The fraction of sp³-hybridized carbons (Fsp3) is 0.833. The second-order valence-electron chi connectivity index (χ2n) is 2.79. The Morgan fingerprint density at radius 1 is 1.50 bits per heavy atom. The fourth-order valence-electron chi connectivity index (χ4n) is 0.948. The number of tetrazole rings is 1. The van der Waals surface area contributed by atoms with Gasteiger partial charge in [-0.15, -0.1) is 10.2 Å². The molecule has 1 heterocycles. The first-order chi connectivity index (χ1) is 6.64. The van der Waals surface area contributed by atoms with Crippen LogP contribution >= 0.6 is 0 Å². The van der Waals surface area contributed by atoms with E-state index in [0.29, 0.717) is 25.2 Å². The normalized spacial score (nSPS) is 11.8. The minimum absolute atomic E-state index is 0.152. The van der Waals surface area contributed by atoms with Gasteiger partial charge in [0.2, 0.25) is 10.0 Å². The molecule has 0 aliphatic rings. The standard InChI is InChI=1S/C6H13N5O2S/c1-2-5-14(12,13)7-4-3-6-8-10-11-9-6/h7H,2-5H2,1H3,(H,8,9,10,11). The number of hydrogen-bond acceptors (Lipinski definition) is 5. The lowest BCUT2D eigenvalue weighted by Crippen LogP contribution is -2.28. The van der Waals surface area contributed by atoms with Gasteiger partial charge >= 0.3 is 0 Å². The van der Waals surface area contributed by atoms with Crippen molar-refractivity contribution in [3.05, 3.63) is 5.82 Å². The van der Waals surface area contributed by atoms with Gasteiger partial charge in [0, 0.05) is 13.0 Å². The third kappa shape index (κ3) is 3.79. The number of H-pyrrole nitrogens is 1. The lowest BCUT2D eigenvalue weighted by atomic mass is 10.4. The number of aromatic amines is 1. The Labute approximate surface area is 82.3 Å². The summed E-state index contributed by atoms with van der Waals surface area (Å²) in [5, 5.41) is 13.1. The first-order valence-corrected chi connectivity index (χ1v) is 5.99. The molecule has 0 saturated carbocycles. The molecule has 0 spiro atoms. The Bertz CT molecular complexity index is 346. The number of nitrogens with one attached hydrogen (secondary N) is 2. The maximum absolute atomic E-state index is 11.2. The van der Waals surface area contributed by atoms with Gasteiger partial charge in [-0.25, -0.2) is 13.1 Å². The monoisotopic (exact) mass is 219 g/mol. The zero-order chi connectivity index (χ0) is 10.4. The molecular formula is C6H13N5O2S. The van der Waals surface area contributed by atoms with Crippen LogP contribution in [0.15, 0.2) is 0 Å². The second-order valence-corrected chi connectivity index (χ2v) is 4.72. The molecule has 0 aliphatic carbocycles. The van der Waals surface area contributed by atoms with Crippen molar-refractivity contribution in [1.82, 2.24) is 25.3 Å². The van der Waals surface area contributed by atoms with E-state index in [0.717, 1.165) is 0 Å². The van der Waals surface area contributed by atoms with Crippen LogP contribution in [-0.4, -0.2) is 41.3 Å². The smallest absolute Gasteiger partial charge is 0.211 e. The minimum Gasteiger partial charge on any atom is -0.215 e. The van der Waals surface area contributed by atoms with E-state index in [9.17, 15) is 8.42 Å². The number of hydrogen-bond donors (Lipinski definition) is 2. The van der Waals surface area contributed by atoms with E-state index >= 15 is 0 Å². The molecule has 14 heavy (non-hydrogen) atoms. The molecule has 7 nitrogen and oxygen atoms in total. The van der Waals surface area contributed by atoms with E-state index in [1.807, 2.05) is 6.92 Å². The van der Waals surface area contributed by atoms with Gasteiger partial charge in [0.15, 0.2) is 5.82 Å². The van der Waals surface area contributed by atoms with Crippen molar-refractivity contribution in [3.8, 4) is 0 Å². The maximum atomic E-state index is 11.2. The van der Waals surface area contributed by atoms with E-state index in [1.165, 1.54) is 0 Å². The molecule has 0 aliphatic heterocycles. The molecule has 1 aromatic rings. The molecule has 0 unspecified atom stereocenters. The predicted octanol–water partition coefficient (Wildman–Crippen LogP) is -0.928. The molecule has 1 rings (SSSR count). The number of nitrogens with zero attached hydrogens (tertiary/aromatic N) is 3. The highest BCUT2D eigenvalue weighted by molar-refractivity contribution is 7.89. The van der Waals surface area contributed by atoms with Gasteiger partial charge in [-0.3, -0.25) is 0 Å². The van der Waals surface area contributed by atoms with Gasteiger partial charge in [-0.2, -0.15) is 5.21 Å². The highest BCUT2D eigenvalue weighted by Crippen LogP contribution is 1.89. The van der Waals surface area contributed by atoms with Gasteiger partial charge in [0.1, 0.15) is 0 Å².